The molecule has 28 heavy (non-hydrogen) atoms. The van der Waals surface area contributed by atoms with Crippen molar-refractivity contribution in [1.82, 2.24) is 15.0 Å². The van der Waals surface area contributed by atoms with Crippen LogP contribution in [-0.2, 0) is 5.41 Å². The number of aromatic amines is 1. The molecule has 0 aliphatic rings. The average molecular weight is 393 g/mol. The predicted octanol–water partition coefficient (Wildman–Crippen LogP) is 6.44. The molecule has 2 aromatic heterocycles. The number of anilines is 2. The van der Waals surface area contributed by atoms with Crippen LogP contribution in [0.5, 0.6) is 11.6 Å². The van der Waals surface area contributed by atoms with Gasteiger partial charge in [-0.15, -0.1) is 0 Å². The van der Waals surface area contributed by atoms with E-state index < -0.39 is 0 Å². The van der Waals surface area contributed by atoms with Crippen molar-refractivity contribution in [1.29, 1.82) is 0 Å². The van der Waals surface area contributed by atoms with Gasteiger partial charge in [0.1, 0.15) is 11.4 Å². The molecule has 142 valence electrons. The van der Waals surface area contributed by atoms with Gasteiger partial charge in [0.25, 0.3) is 0 Å². The minimum absolute atomic E-state index is 0.0776. The number of ether oxygens (including phenoxy) is 1. The van der Waals surface area contributed by atoms with E-state index in [0.717, 1.165) is 11.0 Å². The first kappa shape index (κ1) is 18.3. The molecule has 4 rings (SSSR count). The van der Waals surface area contributed by atoms with Crippen molar-refractivity contribution in [3.63, 3.8) is 0 Å². The highest BCUT2D eigenvalue weighted by atomic mass is 35.5. The van der Waals surface area contributed by atoms with Gasteiger partial charge in [0.15, 0.2) is 0 Å². The van der Waals surface area contributed by atoms with Crippen LogP contribution in [0.3, 0.4) is 0 Å². The molecule has 0 aliphatic heterocycles. The van der Waals surface area contributed by atoms with Crippen LogP contribution in [0.25, 0.3) is 11.0 Å². The van der Waals surface area contributed by atoms with Crippen molar-refractivity contribution in [3.8, 4) is 11.6 Å². The minimum atomic E-state index is 0.0776. The van der Waals surface area contributed by atoms with Gasteiger partial charge in [-0.3, -0.25) is 0 Å². The average Bonchev–Trinajstić information content (AvgIpc) is 3.04. The number of nitrogens with zero attached hydrogens (tertiary/aromatic N) is 2. The maximum Gasteiger partial charge on any atom is 0.243 e. The molecule has 2 heterocycles. The predicted molar refractivity (Wildman–Crippen MR) is 114 cm³/mol. The highest BCUT2D eigenvalue weighted by molar-refractivity contribution is 6.30. The maximum atomic E-state index is 6.04. The third-order valence-corrected chi connectivity index (χ3v) is 4.62. The number of nitrogens with one attached hydrogen (secondary N) is 2. The van der Waals surface area contributed by atoms with E-state index in [9.17, 15) is 0 Å². The lowest BCUT2D eigenvalue weighted by Crippen LogP contribution is -2.10. The molecule has 0 bridgehead atoms. The van der Waals surface area contributed by atoms with Gasteiger partial charge in [-0.25, -0.2) is 9.97 Å². The number of hydrogen-bond donors (Lipinski definition) is 2. The zero-order chi connectivity index (χ0) is 19.7. The number of aromatic nitrogens is 3. The molecule has 0 amide bonds. The lowest BCUT2D eigenvalue weighted by molar-refractivity contribution is 0.465. The highest BCUT2D eigenvalue weighted by Gasteiger charge is 2.15. The smallest absolute Gasteiger partial charge is 0.243 e. The second kappa shape index (κ2) is 7.17. The summed E-state index contributed by atoms with van der Waals surface area (Å²) in [6.07, 6.45) is 1.68. The summed E-state index contributed by atoms with van der Waals surface area (Å²) in [5, 5.41) is 3.87. The van der Waals surface area contributed by atoms with Crippen LogP contribution in [0.2, 0.25) is 5.02 Å². The summed E-state index contributed by atoms with van der Waals surface area (Å²) in [4.78, 5) is 12.3. The van der Waals surface area contributed by atoms with Gasteiger partial charge in [0.2, 0.25) is 11.8 Å². The lowest BCUT2D eigenvalue weighted by atomic mass is 9.87. The summed E-state index contributed by atoms with van der Waals surface area (Å²) in [6.45, 7) is 6.58. The number of imidazole rings is 1. The third kappa shape index (κ3) is 3.94. The standard InChI is InChI=1S/C22H21ClN4O/c1-22(2,3)14-9-10-17-19(12-14)27-21(25-17)26-18-8-5-11-24-20(18)28-16-7-4-6-15(23)13-16/h4-13H,1-3H3,(H2,25,26,27). The fourth-order valence-electron chi connectivity index (χ4n) is 2.87. The molecule has 0 radical (unpaired) electrons. The summed E-state index contributed by atoms with van der Waals surface area (Å²) >= 11 is 6.04. The minimum Gasteiger partial charge on any atom is -0.437 e. The summed E-state index contributed by atoms with van der Waals surface area (Å²) in [7, 11) is 0. The molecule has 2 N–H and O–H groups in total. The molecular formula is C22H21ClN4O. The van der Waals surface area contributed by atoms with Gasteiger partial charge in [-0.1, -0.05) is 44.5 Å². The molecule has 5 nitrogen and oxygen atoms in total. The van der Waals surface area contributed by atoms with E-state index in [1.54, 1.807) is 18.3 Å². The summed E-state index contributed by atoms with van der Waals surface area (Å²) < 4.78 is 5.90. The Morgan fingerprint density at radius 3 is 2.68 bits per heavy atom. The second-order valence-corrected chi connectivity index (χ2v) is 8.04. The van der Waals surface area contributed by atoms with Crippen LogP contribution < -0.4 is 10.1 Å². The molecule has 0 aliphatic carbocycles. The largest absolute Gasteiger partial charge is 0.437 e. The Morgan fingerprint density at radius 1 is 1.04 bits per heavy atom. The molecule has 6 heteroatoms. The zero-order valence-corrected chi connectivity index (χ0v) is 16.7. The summed E-state index contributed by atoms with van der Waals surface area (Å²) in [5.74, 6) is 1.69. The van der Waals surface area contributed by atoms with Crippen LogP contribution in [0, 0.1) is 0 Å². The number of pyridine rings is 1. The van der Waals surface area contributed by atoms with Gasteiger partial charge < -0.3 is 15.0 Å². The summed E-state index contributed by atoms with van der Waals surface area (Å²) in [5.41, 5.74) is 3.92. The van der Waals surface area contributed by atoms with E-state index in [-0.39, 0.29) is 5.41 Å². The quantitative estimate of drug-likeness (QED) is 0.419. The molecule has 4 aromatic rings. The highest BCUT2D eigenvalue weighted by Crippen LogP contribution is 2.31. The maximum absolute atomic E-state index is 6.04. The lowest BCUT2D eigenvalue weighted by Gasteiger charge is -2.18. The Morgan fingerprint density at radius 2 is 1.89 bits per heavy atom. The van der Waals surface area contributed by atoms with Crippen molar-refractivity contribution < 1.29 is 4.74 Å². The molecule has 2 aromatic carbocycles. The number of benzene rings is 2. The van der Waals surface area contributed by atoms with Gasteiger partial charge in [0, 0.05) is 11.2 Å². The molecular weight excluding hydrogens is 372 g/mol. The Bertz CT molecular complexity index is 1130. The first-order valence-electron chi connectivity index (χ1n) is 9.04. The van der Waals surface area contributed by atoms with E-state index in [1.165, 1.54) is 5.56 Å². The first-order valence-corrected chi connectivity index (χ1v) is 9.42. The van der Waals surface area contributed by atoms with Gasteiger partial charge in [-0.2, -0.15) is 0 Å². The molecule has 0 fully saturated rings. The Labute approximate surface area is 168 Å². The zero-order valence-electron chi connectivity index (χ0n) is 16.0. The fourth-order valence-corrected chi connectivity index (χ4v) is 3.05. The van der Waals surface area contributed by atoms with Crippen LogP contribution >= 0.6 is 11.6 Å². The van der Waals surface area contributed by atoms with Crippen LogP contribution in [0.1, 0.15) is 26.3 Å². The topological polar surface area (TPSA) is 62.8 Å². The number of fused-ring (bicyclic) bond motifs is 1. The monoisotopic (exact) mass is 392 g/mol. The van der Waals surface area contributed by atoms with Crippen LogP contribution in [0.4, 0.5) is 11.6 Å². The van der Waals surface area contributed by atoms with E-state index in [4.69, 9.17) is 16.3 Å². The number of hydrogen-bond acceptors (Lipinski definition) is 4. The van der Waals surface area contributed by atoms with E-state index in [0.29, 0.717) is 28.3 Å². The van der Waals surface area contributed by atoms with E-state index >= 15 is 0 Å². The van der Waals surface area contributed by atoms with Gasteiger partial charge in [0.05, 0.1) is 11.0 Å². The molecule has 0 saturated carbocycles. The molecule has 0 spiro atoms. The van der Waals surface area contributed by atoms with Crippen molar-refractivity contribution in [2.24, 2.45) is 0 Å². The van der Waals surface area contributed by atoms with Crippen molar-refractivity contribution >= 4 is 34.3 Å². The Hall–Kier alpha value is -3.05. The van der Waals surface area contributed by atoms with Crippen molar-refractivity contribution in [3.05, 3.63) is 71.4 Å². The first-order chi connectivity index (χ1) is 13.4. The molecule has 0 atom stereocenters. The van der Waals surface area contributed by atoms with E-state index in [1.807, 2.05) is 30.3 Å². The normalized spacial score (nSPS) is 11.6. The van der Waals surface area contributed by atoms with Gasteiger partial charge in [-0.05, 0) is 53.4 Å². The van der Waals surface area contributed by atoms with Crippen molar-refractivity contribution in [2.75, 3.05) is 5.32 Å². The van der Waals surface area contributed by atoms with Crippen molar-refractivity contribution in [2.45, 2.75) is 26.2 Å². The van der Waals surface area contributed by atoms with Gasteiger partial charge >= 0.3 is 0 Å². The fraction of sp³-hybridized carbons (Fsp3) is 0.182. The van der Waals surface area contributed by atoms with Crippen LogP contribution in [-0.4, -0.2) is 15.0 Å². The Kier molecular flexibility index (Phi) is 4.69. The molecule has 0 unspecified atom stereocenters. The summed E-state index contributed by atoms with van der Waals surface area (Å²) in [6, 6.07) is 17.2. The Balaban J connectivity index is 1.62. The number of halogens is 1. The van der Waals surface area contributed by atoms with E-state index in [2.05, 4.69) is 53.2 Å². The third-order valence-electron chi connectivity index (χ3n) is 4.38. The molecule has 0 saturated heterocycles. The number of rotatable bonds is 4. The number of H-pyrrole nitrogens is 1. The SMILES string of the molecule is CC(C)(C)c1ccc2nc(Nc3cccnc3Oc3cccc(Cl)c3)[nH]c2c1. The van der Waals surface area contributed by atoms with Crippen LogP contribution in [0.15, 0.2) is 60.8 Å². The second-order valence-electron chi connectivity index (χ2n) is 7.61.